The molecule has 0 aliphatic carbocycles. The summed E-state index contributed by atoms with van der Waals surface area (Å²) in [7, 11) is 1.52. The molecule has 3 aromatic rings. The minimum atomic E-state index is -0.572. The Morgan fingerprint density at radius 2 is 2.09 bits per heavy atom. The second kappa shape index (κ2) is 6.01. The van der Waals surface area contributed by atoms with Crippen LogP contribution >= 0.6 is 11.3 Å². The molecule has 0 saturated heterocycles. The number of nitrogens with one attached hydrogen (secondary N) is 2. The van der Waals surface area contributed by atoms with Gasteiger partial charge in [0.2, 0.25) is 0 Å². The highest BCUT2D eigenvalue weighted by Crippen LogP contribution is 2.12. The van der Waals surface area contributed by atoms with Crippen LogP contribution in [0.4, 0.5) is 5.69 Å². The maximum Gasteiger partial charge on any atom is 0.271 e. The van der Waals surface area contributed by atoms with Crippen LogP contribution in [0.2, 0.25) is 0 Å². The predicted molar refractivity (Wildman–Crippen MR) is 87.1 cm³/mol. The molecule has 0 bridgehead atoms. The maximum atomic E-state index is 12.3. The molecule has 8 heteroatoms. The molecule has 23 heavy (non-hydrogen) atoms. The average Bonchev–Trinajstić information content (AvgIpc) is 3.04. The second-order valence-corrected chi connectivity index (χ2v) is 5.52. The zero-order chi connectivity index (χ0) is 16.4. The lowest BCUT2D eigenvalue weighted by molar-refractivity contribution is 0.0961. The largest absolute Gasteiger partial charge is 0.355 e. The van der Waals surface area contributed by atoms with Crippen molar-refractivity contribution in [2.75, 3.05) is 12.4 Å². The number of hydrogen-bond acceptors (Lipinski definition) is 5. The first-order chi connectivity index (χ1) is 11.1. The van der Waals surface area contributed by atoms with E-state index in [2.05, 4.69) is 15.6 Å². The summed E-state index contributed by atoms with van der Waals surface area (Å²) in [6, 6.07) is 6.44. The zero-order valence-electron chi connectivity index (χ0n) is 12.1. The third-order valence-corrected chi connectivity index (χ3v) is 3.97. The smallest absolute Gasteiger partial charge is 0.271 e. The van der Waals surface area contributed by atoms with E-state index in [4.69, 9.17) is 0 Å². The fraction of sp³-hybridized carbons (Fsp3) is 0.0667. The molecule has 2 amide bonds. The molecule has 0 atom stereocenters. The monoisotopic (exact) mass is 328 g/mol. The van der Waals surface area contributed by atoms with Gasteiger partial charge in [0.15, 0.2) is 4.96 Å². The number of benzene rings is 1. The first-order valence-corrected chi connectivity index (χ1v) is 7.56. The van der Waals surface area contributed by atoms with Crippen molar-refractivity contribution < 1.29 is 9.59 Å². The minimum absolute atomic E-state index is 0.0637. The number of carbonyl (C=O) groups is 2. The third-order valence-electron chi connectivity index (χ3n) is 3.20. The van der Waals surface area contributed by atoms with Crippen LogP contribution in [0, 0.1) is 0 Å². The van der Waals surface area contributed by atoms with Crippen molar-refractivity contribution in [3.05, 3.63) is 63.5 Å². The first-order valence-electron chi connectivity index (χ1n) is 6.68. The van der Waals surface area contributed by atoms with Crippen molar-refractivity contribution in [3.8, 4) is 0 Å². The summed E-state index contributed by atoms with van der Waals surface area (Å²) in [6.45, 7) is 0. The molecular weight excluding hydrogens is 316 g/mol. The van der Waals surface area contributed by atoms with Crippen molar-refractivity contribution >= 4 is 33.8 Å². The summed E-state index contributed by atoms with van der Waals surface area (Å²) in [5.74, 6) is -0.834. The molecule has 7 nitrogen and oxygen atoms in total. The Morgan fingerprint density at radius 1 is 1.26 bits per heavy atom. The van der Waals surface area contributed by atoms with Crippen LogP contribution in [0.1, 0.15) is 20.7 Å². The molecule has 1 aromatic carbocycles. The van der Waals surface area contributed by atoms with E-state index in [1.165, 1.54) is 35.0 Å². The summed E-state index contributed by atoms with van der Waals surface area (Å²) >= 11 is 1.31. The molecule has 0 unspecified atom stereocenters. The van der Waals surface area contributed by atoms with Crippen LogP contribution in [-0.2, 0) is 0 Å². The van der Waals surface area contributed by atoms with Crippen LogP contribution < -0.4 is 16.2 Å². The van der Waals surface area contributed by atoms with Crippen molar-refractivity contribution in [1.29, 1.82) is 0 Å². The van der Waals surface area contributed by atoms with E-state index >= 15 is 0 Å². The maximum absolute atomic E-state index is 12.3. The molecule has 0 aliphatic rings. The van der Waals surface area contributed by atoms with E-state index in [-0.39, 0.29) is 11.5 Å². The Balaban J connectivity index is 1.90. The number of aromatic nitrogens is 2. The SMILES string of the molecule is CNC(=O)c1cccc(NC(=O)c2cnc3sccn3c2=O)c1. The van der Waals surface area contributed by atoms with Crippen LogP contribution in [-0.4, -0.2) is 28.2 Å². The van der Waals surface area contributed by atoms with Gasteiger partial charge in [-0.1, -0.05) is 6.07 Å². The van der Waals surface area contributed by atoms with Crippen LogP contribution in [0.15, 0.2) is 46.8 Å². The predicted octanol–water partition coefficient (Wildman–Crippen LogP) is 1.37. The number of amides is 2. The van der Waals surface area contributed by atoms with Gasteiger partial charge >= 0.3 is 0 Å². The zero-order valence-corrected chi connectivity index (χ0v) is 12.9. The van der Waals surface area contributed by atoms with Crippen LogP contribution in [0.5, 0.6) is 0 Å². The summed E-state index contributed by atoms with van der Waals surface area (Å²) in [6.07, 6.45) is 2.82. The lowest BCUT2D eigenvalue weighted by atomic mass is 10.2. The highest BCUT2D eigenvalue weighted by atomic mass is 32.1. The minimum Gasteiger partial charge on any atom is -0.355 e. The lowest BCUT2D eigenvalue weighted by Gasteiger charge is -2.06. The van der Waals surface area contributed by atoms with Crippen LogP contribution in [0.3, 0.4) is 0 Å². The Labute approximate surface area is 134 Å². The third kappa shape index (κ3) is 2.84. The number of fused-ring (bicyclic) bond motifs is 1. The molecule has 3 rings (SSSR count). The van der Waals surface area contributed by atoms with Crippen molar-refractivity contribution in [3.63, 3.8) is 0 Å². The van der Waals surface area contributed by atoms with Gasteiger partial charge in [0.25, 0.3) is 17.4 Å². The first kappa shape index (κ1) is 14.9. The van der Waals surface area contributed by atoms with Gasteiger partial charge in [-0.05, 0) is 18.2 Å². The van der Waals surface area contributed by atoms with Crippen molar-refractivity contribution in [2.24, 2.45) is 0 Å². The molecule has 0 aliphatic heterocycles. The van der Waals surface area contributed by atoms with E-state index < -0.39 is 11.5 Å². The summed E-state index contributed by atoms with van der Waals surface area (Å²) < 4.78 is 1.32. The topological polar surface area (TPSA) is 92.6 Å². The van der Waals surface area contributed by atoms with E-state index in [9.17, 15) is 14.4 Å². The second-order valence-electron chi connectivity index (χ2n) is 4.65. The van der Waals surface area contributed by atoms with Crippen molar-refractivity contribution in [2.45, 2.75) is 0 Å². The van der Waals surface area contributed by atoms with Gasteiger partial charge in [0.05, 0.1) is 0 Å². The number of hydrogen-bond donors (Lipinski definition) is 2. The van der Waals surface area contributed by atoms with Gasteiger partial charge in [0.1, 0.15) is 5.56 Å². The number of nitrogens with zero attached hydrogens (tertiary/aromatic N) is 2. The molecule has 0 radical (unpaired) electrons. The van der Waals surface area contributed by atoms with Gasteiger partial charge in [-0.3, -0.25) is 18.8 Å². The fourth-order valence-electron chi connectivity index (χ4n) is 2.06. The number of thiazole rings is 1. The highest BCUT2D eigenvalue weighted by Gasteiger charge is 2.14. The van der Waals surface area contributed by atoms with Crippen molar-refractivity contribution in [1.82, 2.24) is 14.7 Å². The highest BCUT2D eigenvalue weighted by molar-refractivity contribution is 7.15. The molecule has 0 spiro atoms. The molecule has 2 heterocycles. The Morgan fingerprint density at radius 3 is 2.87 bits per heavy atom. The van der Waals surface area contributed by atoms with Gasteiger partial charge in [-0.25, -0.2) is 4.98 Å². The molecule has 2 aromatic heterocycles. The van der Waals surface area contributed by atoms with E-state index in [0.717, 1.165) is 0 Å². The molecule has 0 saturated carbocycles. The average molecular weight is 328 g/mol. The van der Waals surface area contributed by atoms with Gasteiger partial charge < -0.3 is 10.6 Å². The van der Waals surface area contributed by atoms with Gasteiger partial charge in [0, 0.05) is 36.1 Å². The van der Waals surface area contributed by atoms with Gasteiger partial charge in [-0.2, -0.15) is 0 Å². The Kier molecular flexibility index (Phi) is 3.90. The normalized spacial score (nSPS) is 10.5. The fourth-order valence-corrected chi connectivity index (χ4v) is 2.74. The van der Waals surface area contributed by atoms with Gasteiger partial charge in [-0.15, -0.1) is 11.3 Å². The van der Waals surface area contributed by atoms with Crippen LogP contribution in [0.25, 0.3) is 4.96 Å². The molecule has 116 valence electrons. The molecular formula is C15H12N4O3S. The lowest BCUT2D eigenvalue weighted by Crippen LogP contribution is -2.26. The van der Waals surface area contributed by atoms with E-state index in [1.807, 2.05) is 0 Å². The van der Waals surface area contributed by atoms with E-state index in [1.54, 1.807) is 29.8 Å². The summed E-state index contributed by atoms with van der Waals surface area (Å²) in [5, 5.41) is 6.83. The summed E-state index contributed by atoms with van der Waals surface area (Å²) in [4.78, 5) is 40.7. The Bertz CT molecular complexity index is 961. The quantitative estimate of drug-likeness (QED) is 0.759. The molecule has 2 N–H and O–H groups in total. The summed E-state index contributed by atoms with van der Waals surface area (Å²) in [5.41, 5.74) is 0.335. The molecule has 0 fully saturated rings. The standard InChI is InChI=1S/C15H12N4O3S/c1-16-12(20)9-3-2-4-10(7-9)18-13(21)11-8-17-15-19(14(11)22)5-6-23-15/h2-8H,1H3,(H,16,20)(H,18,21). The number of anilines is 1. The number of rotatable bonds is 3. The number of carbonyl (C=O) groups excluding carboxylic acids is 2. The Hall–Kier alpha value is -3.00. The van der Waals surface area contributed by atoms with E-state index in [0.29, 0.717) is 16.2 Å².